The van der Waals surface area contributed by atoms with Crippen LogP contribution >= 0.6 is 11.5 Å². The zero-order chi connectivity index (χ0) is 13.1. The Hall–Kier alpha value is -1.76. The molecule has 1 N–H and O–H groups in total. The molecule has 2 aromatic heterocycles. The van der Waals surface area contributed by atoms with E-state index in [-0.39, 0.29) is 5.78 Å². The third-order valence-corrected chi connectivity index (χ3v) is 3.55. The highest BCUT2D eigenvalue weighted by molar-refractivity contribution is 7.10. The Labute approximate surface area is 109 Å². The molecule has 0 aliphatic rings. The maximum absolute atomic E-state index is 11.5. The molecule has 0 atom stereocenters. The minimum atomic E-state index is 0.0284. The summed E-state index contributed by atoms with van der Waals surface area (Å²) in [6, 6.07) is 0. The lowest BCUT2D eigenvalue weighted by atomic mass is 10.2. The van der Waals surface area contributed by atoms with Gasteiger partial charge in [0.2, 0.25) is 0 Å². The first-order valence-electron chi connectivity index (χ1n) is 5.71. The summed E-state index contributed by atoms with van der Waals surface area (Å²) in [6.07, 6.45) is 1.70. The summed E-state index contributed by atoms with van der Waals surface area (Å²) in [7, 11) is 0. The molecule has 96 valence electrons. The molecule has 0 aliphatic carbocycles. The van der Waals surface area contributed by atoms with Crippen molar-refractivity contribution in [2.75, 3.05) is 5.32 Å². The first-order valence-corrected chi connectivity index (χ1v) is 6.48. The third kappa shape index (κ3) is 2.40. The van der Waals surface area contributed by atoms with E-state index < -0.39 is 0 Å². The molecule has 18 heavy (non-hydrogen) atoms. The van der Waals surface area contributed by atoms with Crippen LogP contribution in [0.1, 0.15) is 35.7 Å². The number of hydrogen-bond donors (Lipinski definition) is 1. The fourth-order valence-electron chi connectivity index (χ4n) is 1.74. The summed E-state index contributed by atoms with van der Waals surface area (Å²) >= 11 is 1.30. The number of carbonyl (C=O) groups excluding carboxylic acids is 1. The lowest BCUT2D eigenvalue weighted by molar-refractivity contribution is 0.101. The number of ketones is 1. The zero-order valence-electron chi connectivity index (χ0n) is 10.6. The van der Waals surface area contributed by atoms with E-state index in [0.717, 1.165) is 23.1 Å². The monoisotopic (exact) mass is 265 g/mol. The third-order valence-electron chi connectivity index (χ3n) is 2.66. The van der Waals surface area contributed by atoms with Gasteiger partial charge in [0.15, 0.2) is 11.6 Å². The molecule has 6 nitrogen and oxygen atoms in total. The molecule has 0 saturated heterocycles. The van der Waals surface area contributed by atoms with Crippen molar-refractivity contribution in [1.29, 1.82) is 0 Å². The normalized spacial score (nSPS) is 10.6. The summed E-state index contributed by atoms with van der Waals surface area (Å²) in [5.74, 6) is 0.874. The van der Waals surface area contributed by atoms with Gasteiger partial charge in [-0.15, -0.1) is 10.2 Å². The first-order chi connectivity index (χ1) is 8.63. The minimum Gasteiger partial charge on any atom is -0.368 e. The zero-order valence-corrected chi connectivity index (χ0v) is 11.4. The van der Waals surface area contributed by atoms with Crippen molar-refractivity contribution in [1.82, 2.24) is 19.1 Å². The van der Waals surface area contributed by atoms with Gasteiger partial charge in [-0.2, -0.15) is 4.37 Å². The molecular formula is C11H15N5OS. The Morgan fingerprint density at radius 2 is 2.33 bits per heavy atom. The molecule has 0 unspecified atom stereocenters. The SMILES string of the molecule is CCn1cnnc1CNc1snc(C)c1C(C)=O. The predicted octanol–water partition coefficient (Wildman–Crippen LogP) is 1.88. The average molecular weight is 265 g/mol. The first kappa shape index (κ1) is 12.7. The summed E-state index contributed by atoms with van der Waals surface area (Å²) < 4.78 is 6.15. The summed E-state index contributed by atoms with van der Waals surface area (Å²) in [5.41, 5.74) is 1.44. The van der Waals surface area contributed by atoms with Crippen molar-refractivity contribution < 1.29 is 4.79 Å². The number of hydrogen-bond acceptors (Lipinski definition) is 6. The molecular weight excluding hydrogens is 250 g/mol. The number of aromatic nitrogens is 4. The average Bonchev–Trinajstić information content (AvgIpc) is 2.92. The van der Waals surface area contributed by atoms with Crippen molar-refractivity contribution >= 4 is 22.3 Å². The molecule has 2 aromatic rings. The van der Waals surface area contributed by atoms with E-state index in [2.05, 4.69) is 19.9 Å². The second-order valence-corrected chi connectivity index (χ2v) is 4.69. The highest BCUT2D eigenvalue weighted by atomic mass is 32.1. The van der Waals surface area contributed by atoms with Gasteiger partial charge in [0.05, 0.1) is 17.8 Å². The van der Waals surface area contributed by atoms with E-state index in [1.807, 2.05) is 18.4 Å². The van der Waals surface area contributed by atoms with Crippen LogP contribution in [0.3, 0.4) is 0 Å². The van der Waals surface area contributed by atoms with E-state index >= 15 is 0 Å². The van der Waals surface area contributed by atoms with Gasteiger partial charge in [-0.3, -0.25) is 4.79 Å². The molecule has 7 heteroatoms. The van der Waals surface area contributed by atoms with Crippen LogP contribution < -0.4 is 5.32 Å². The van der Waals surface area contributed by atoms with Crippen molar-refractivity contribution in [2.45, 2.75) is 33.9 Å². The molecule has 2 rings (SSSR count). The molecule has 0 amide bonds. The molecule has 0 fully saturated rings. The Bertz CT molecular complexity index is 560. The van der Waals surface area contributed by atoms with E-state index in [4.69, 9.17) is 0 Å². The molecule has 0 aliphatic heterocycles. The van der Waals surface area contributed by atoms with Crippen LogP contribution in [0.25, 0.3) is 0 Å². The highest BCUT2D eigenvalue weighted by Gasteiger charge is 2.15. The van der Waals surface area contributed by atoms with Gasteiger partial charge >= 0.3 is 0 Å². The number of nitrogens with zero attached hydrogens (tertiary/aromatic N) is 4. The van der Waals surface area contributed by atoms with Crippen LogP contribution in [0, 0.1) is 6.92 Å². The maximum atomic E-state index is 11.5. The van der Waals surface area contributed by atoms with Crippen molar-refractivity contribution in [3.05, 3.63) is 23.4 Å². The van der Waals surface area contributed by atoms with Gasteiger partial charge < -0.3 is 9.88 Å². The maximum Gasteiger partial charge on any atom is 0.164 e. The summed E-state index contributed by atoms with van der Waals surface area (Å²) in [4.78, 5) is 11.5. The Kier molecular flexibility index (Phi) is 3.71. The lowest BCUT2D eigenvalue weighted by Gasteiger charge is -2.06. The fourth-order valence-corrected chi connectivity index (χ4v) is 2.58. The minimum absolute atomic E-state index is 0.0284. The van der Waals surface area contributed by atoms with Gasteiger partial charge in [-0.1, -0.05) is 0 Å². The molecule has 0 radical (unpaired) electrons. The van der Waals surface area contributed by atoms with E-state index in [1.165, 1.54) is 11.5 Å². The van der Waals surface area contributed by atoms with Gasteiger partial charge in [-0.25, -0.2) is 0 Å². The second-order valence-electron chi connectivity index (χ2n) is 3.92. The fraction of sp³-hybridized carbons (Fsp3) is 0.455. The Morgan fingerprint density at radius 1 is 1.56 bits per heavy atom. The van der Waals surface area contributed by atoms with Crippen LogP contribution in [-0.2, 0) is 13.1 Å². The summed E-state index contributed by atoms with van der Waals surface area (Å²) in [6.45, 7) is 6.79. The van der Waals surface area contributed by atoms with Crippen LogP contribution in [0.2, 0.25) is 0 Å². The number of carbonyl (C=O) groups is 1. The lowest BCUT2D eigenvalue weighted by Crippen LogP contribution is -2.08. The number of nitrogens with one attached hydrogen (secondary N) is 1. The second kappa shape index (κ2) is 5.26. The summed E-state index contributed by atoms with van der Waals surface area (Å²) in [5, 5.41) is 11.9. The van der Waals surface area contributed by atoms with Crippen molar-refractivity contribution in [3.8, 4) is 0 Å². The van der Waals surface area contributed by atoms with Gasteiger partial charge in [-0.05, 0) is 32.3 Å². The number of rotatable bonds is 5. The van der Waals surface area contributed by atoms with E-state index in [0.29, 0.717) is 12.1 Å². The molecule has 0 spiro atoms. The quantitative estimate of drug-likeness (QED) is 0.836. The van der Waals surface area contributed by atoms with E-state index in [9.17, 15) is 4.79 Å². The number of anilines is 1. The Balaban J connectivity index is 2.14. The molecule has 0 aromatic carbocycles. The Morgan fingerprint density at radius 3 is 3.00 bits per heavy atom. The number of aryl methyl sites for hydroxylation is 2. The molecule has 0 saturated carbocycles. The van der Waals surface area contributed by atoms with Crippen LogP contribution in [0.5, 0.6) is 0 Å². The molecule has 2 heterocycles. The topological polar surface area (TPSA) is 72.7 Å². The smallest absolute Gasteiger partial charge is 0.164 e. The molecule has 0 bridgehead atoms. The predicted molar refractivity (Wildman–Crippen MR) is 69.9 cm³/mol. The van der Waals surface area contributed by atoms with Crippen molar-refractivity contribution in [3.63, 3.8) is 0 Å². The van der Waals surface area contributed by atoms with Crippen LogP contribution in [-0.4, -0.2) is 24.9 Å². The number of Topliss-reactive ketones (excluding diaryl/α,β-unsaturated/α-hetero) is 1. The highest BCUT2D eigenvalue weighted by Crippen LogP contribution is 2.25. The van der Waals surface area contributed by atoms with Gasteiger partial charge in [0, 0.05) is 6.54 Å². The van der Waals surface area contributed by atoms with Gasteiger partial charge in [0.25, 0.3) is 0 Å². The van der Waals surface area contributed by atoms with Crippen molar-refractivity contribution in [2.24, 2.45) is 0 Å². The largest absolute Gasteiger partial charge is 0.368 e. The van der Waals surface area contributed by atoms with E-state index in [1.54, 1.807) is 13.3 Å². The van der Waals surface area contributed by atoms with Crippen LogP contribution in [0.4, 0.5) is 5.00 Å². The standard InChI is InChI=1S/C11H15N5OS/c1-4-16-6-13-14-9(16)5-12-11-10(8(3)17)7(2)15-18-11/h6,12H,4-5H2,1-3H3. The van der Waals surface area contributed by atoms with Gasteiger partial charge in [0.1, 0.15) is 11.3 Å². The van der Waals surface area contributed by atoms with Crippen LogP contribution in [0.15, 0.2) is 6.33 Å².